The largest absolute Gasteiger partial charge is 0.493 e. The summed E-state index contributed by atoms with van der Waals surface area (Å²) in [5.74, 6) is 0.730. The molecule has 15 heavy (non-hydrogen) atoms. The Bertz CT molecular complexity index is 299. The molecule has 0 radical (unpaired) electrons. The highest BCUT2D eigenvalue weighted by Gasteiger charge is 2.17. The monoisotopic (exact) mass is 213 g/mol. The van der Waals surface area contributed by atoms with Crippen molar-refractivity contribution >= 4 is 0 Å². The zero-order chi connectivity index (χ0) is 11.3. The molecule has 0 saturated heterocycles. The summed E-state index contributed by atoms with van der Waals surface area (Å²) in [5, 5.41) is 4.24. The Labute approximate surface area is 90.2 Å². The van der Waals surface area contributed by atoms with Crippen LogP contribution in [0.4, 0.5) is 0 Å². The Morgan fingerprint density at radius 1 is 1.53 bits per heavy atom. The lowest BCUT2D eigenvalue weighted by atomic mass is 10.2. The van der Waals surface area contributed by atoms with Crippen molar-refractivity contribution in [3.8, 4) is 5.75 Å². The Kier molecular flexibility index (Phi) is 4.58. The van der Waals surface area contributed by atoms with Gasteiger partial charge in [0.05, 0.1) is 31.6 Å². The molecule has 0 saturated carbocycles. The van der Waals surface area contributed by atoms with Crippen LogP contribution in [0.1, 0.15) is 25.1 Å². The van der Waals surface area contributed by atoms with E-state index in [0.29, 0.717) is 6.61 Å². The molecule has 0 fully saturated rings. The molecule has 1 heterocycles. The second-order valence-electron chi connectivity index (χ2n) is 3.38. The van der Waals surface area contributed by atoms with E-state index in [1.807, 2.05) is 4.68 Å². The molecule has 5 heteroatoms. The van der Waals surface area contributed by atoms with E-state index in [1.165, 1.54) is 0 Å². The number of rotatable bonds is 6. The van der Waals surface area contributed by atoms with E-state index in [1.54, 1.807) is 20.4 Å². The van der Waals surface area contributed by atoms with Crippen LogP contribution >= 0.6 is 0 Å². The Hall–Kier alpha value is -1.07. The molecule has 1 rings (SSSR count). The van der Waals surface area contributed by atoms with Gasteiger partial charge >= 0.3 is 0 Å². The molecule has 0 aromatic carbocycles. The van der Waals surface area contributed by atoms with E-state index >= 15 is 0 Å². The maximum Gasteiger partial charge on any atom is 0.161 e. The molecule has 0 aliphatic rings. The van der Waals surface area contributed by atoms with Gasteiger partial charge in [-0.05, 0) is 6.42 Å². The maximum atomic E-state index is 5.99. The Balaban J connectivity index is 2.93. The first-order valence-electron chi connectivity index (χ1n) is 5.08. The number of methoxy groups -OCH3 is 2. The van der Waals surface area contributed by atoms with Crippen LogP contribution < -0.4 is 10.5 Å². The maximum absolute atomic E-state index is 5.99. The first kappa shape index (κ1) is 12.0. The predicted molar refractivity (Wildman–Crippen MR) is 57.9 cm³/mol. The van der Waals surface area contributed by atoms with Crippen LogP contribution in [0.15, 0.2) is 6.20 Å². The fourth-order valence-electron chi connectivity index (χ4n) is 1.56. The SMILES string of the molecule is CCCn1ncc(OC)c1C(N)COC. The number of nitrogens with zero attached hydrogens (tertiary/aromatic N) is 2. The second kappa shape index (κ2) is 5.72. The van der Waals surface area contributed by atoms with Gasteiger partial charge in [-0.2, -0.15) is 5.10 Å². The summed E-state index contributed by atoms with van der Waals surface area (Å²) < 4.78 is 12.1. The lowest BCUT2D eigenvalue weighted by Crippen LogP contribution is -2.21. The van der Waals surface area contributed by atoms with Crippen molar-refractivity contribution in [2.75, 3.05) is 20.8 Å². The second-order valence-corrected chi connectivity index (χ2v) is 3.38. The average Bonchev–Trinajstić information content (AvgIpc) is 2.62. The molecular weight excluding hydrogens is 194 g/mol. The van der Waals surface area contributed by atoms with Crippen molar-refractivity contribution < 1.29 is 9.47 Å². The summed E-state index contributed by atoms with van der Waals surface area (Å²) in [6.07, 6.45) is 2.71. The van der Waals surface area contributed by atoms with Crippen molar-refractivity contribution in [1.82, 2.24) is 9.78 Å². The number of aryl methyl sites for hydroxylation is 1. The summed E-state index contributed by atoms with van der Waals surface area (Å²) in [5.41, 5.74) is 6.90. The van der Waals surface area contributed by atoms with Gasteiger partial charge < -0.3 is 15.2 Å². The van der Waals surface area contributed by atoms with Crippen molar-refractivity contribution in [2.24, 2.45) is 5.73 Å². The van der Waals surface area contributed by atoms with Crippen LogP contribution in [0.2, 0.25) is 0 Å². The van der Waals surface area contributed by atoms with E-state index in [0.717, 1.165) is 24.4 Å². The van der Waals surface area contributed by atoms with Crippen LogP contribution in [-0.2, 0) is 11.3 Å². The van der Waals surface area contributed by atoms with E-state index in [2.05, 4.69) is 12.0 Å². The van der Waals surface area contributed by atoms with Crippen LogP contribution in [0.3, 0.4) is 0 Å². The minimum absolute atomic E-state index is 0.195. The summed E-state index contributed by atoms with van der Waals surface area (Å²) in [6.45, 7) is 3.40. The van der Waals surface area contributed by atoms with Gasteiger partial charge in [0.2, 0.25) is 0 Å². The molecule has 0 amide bonds. The Morgan fingerprint density at radius 3 is 2.80 bits per heavy atom. The molecule has 0 aliphatic carbocycles. The minimum atomic E-state index is -0.195. The molecule has 1 aromatic heterocycles. The fourth-order valence-corrected chi connectivity index (χ4v) is 1.56. The summed E-state index contributed by atoms with van der Waals surface area (Å²) in [7, 11) is 3.25. The van der Waals surface area contributed by atoms with Crippen LogP contribution in [-0.4, -0.2) is 30.6 Å². The third-order valence-electron chi connectivity index (χ3n) is 2.20. The van der Waals surface area contributed by atoms with Gasteiger partial charge in [0.25, 0.3) is 0 Å². The first-order chi connectivity index (χ1) is 7.24. The number of hydrogen-bond acceptors (Lipinski definition) is 4. The number of aromatic nitrogens is 2. The molecule has 0 spiro atoms. The minimum Gasteiger partial charge on any atom is -0.493 e. The zero-order valence-electron chi connectivity index (χ0n) is 9.56. The lowest BCUT2D eigenvalue weighted by Gasteiger charge is -2.14. The predicted octanol–water partition coefficient (Wildman–Crippen LogP) is 0.948. The van der Waals surface area contributed by atoms with Gasteiger partial charge in [-0.1, -0.05) is 6.92 Å². The van der Waals surface area contributed by atoms with Crippen molar-refractivity contribution in [1.29, 1.82) is 0 Å². The van der Waals surface area contributed by atoms with Gasteiger partial charge in [0.1, 0.15) is 0 Å². The van der Waals surface area contributed by atoms with Gasteiger partial charge in [0.15, 0.2) is 5.75 Å². The number of nitrogens with two attached hydrogens (primary N) is 1. The third-order valence-corrected chi connectivity index (χ3v) is 2.20. The fraction of sp³-hybridized carbons (Fsp3) is 0.700. The van der Waals surface area contributed by atoms with Crippen molar-refractivity contribution in [2.45, 2.75) is 25.9 Å². The lowest BCUT2D eigenvalue weighted by molar-refractivity contribution is 0.176. The molecule has 0 bridgehead atoms. The summed E-state index contributed by atoms with van der Waals surface area (Å²) in [6, 6.07) is -0.195. The van der Waals surface area contributed by atoms with E-state index in [-0.39, 0.29) is 6.04 Å². The molecule has 86 valence electrons. The van der Waals surface area contributed by atoms with Gasteiger partial charge in [-0.25, -0.2) is 0 Å². The summed E-state index contributed by atoms with van der Waals surface area (Å²) in [4.78, 5) is 0. The highest BCUT2D eigenvalue weighted by atomic mass is 16.5. The van der Waals surface area contributed by atoms with E-state index < -0.39 is 0 Å². The average molecular weight is 213 g/mol. The highest BCUT2D eigenvalue weighted by Crippen LogP contribution is 2.23. The molecule has 5 nitrogen and oxygen atoms in total. The smallest absolute Gasteiger partial charge is 0.161 e. The Morgan fingerprint density at radius 2 is 2.27 bits per heavy atom. The molecule has 1 atom stereocenters. The summed E-state index contributed by atoms with van der Waals surface area (Å²) >= 11 is 0. The number of ether oxygens (including phenoxy) is 2. The molecule has 1 aromatic rings. The van der Waals surface area contributed by atoms with Gasteiger partial charge in [0, 0.05) is 13.7 Å². The van der Waals surface area contributed by atoms with E-state index in [4.69, 9.17) is 15.2 Å². The van der Waals surface area contributed by atoms with Crippen molar-refractivity contribution in [3.05, 3.63) is 11.9 Å². The van der Waals surface area contributed by atoms with Crippen LogP contribution in [0.5, 0.6) is 5.75 Å². The number of hydrogen-bond donors (Lipinski definition) is 1. The highest BCUT2D eigenvalue weighted by molar-refractivity contribution is 5.28. The van der Waals surface area contributed by atoms with Gasteiger partial charge in [-0.15, -0.1) is 0 Å². The standard InChI is InChI=1S/C10H19N3O2/c1-4-5-13-10(8(11)7-14-2)9(15-3)6-12-13/h6,8H,4-5,7,11H2,1-3H3. The van der Waals surface area contributed by atoms with Crippen LogP contribution in [0, 0.1) is 0 Å². The van der Waals surface area contributed by atoms with Crippen LogP contribution in [0.25, 0.3) is 0 Å². The van der Waals surface area contributed by atoms with Crippen molar-refractivity contribution in [3.63, 3.8) is 0 Å². The van der Waals surface area contributed by atoms with Gasteiger partial charge in [-0.3, -0.25) is 4.68 Å². The molecule has 1 unspecified atom stereocenters. The quantitative estimate of drug-likeness (QED) is 0.764. The molecule has 2 N–H and O–H groups in total. The molecular formula is C10H19N3O2. The third kappa shape index (κ3) is 2.70. The zero-order valence-corrected chi connectivity index (χ0v) is 9.56. The van der Waals surface area contributed by atoms with E-state index in [9.17, 15) is 0 Å². The molecule has 0 aliphatic heterocycles. The first-order valence-corrected chi connectivity index (χ1v) is 5.08. The topological polar surface area (TPSA) is 62.3 Å². The normalized spacial score (nSPS) is 12.8.